The highest BCUT2D eigenvalue weighted by Gasteiger charge is 2.14. The van der Waals surface area contributed by atoms with Crippen LogP contribution in [0.25, 0.3) is 0 Å². The second kappa shape index (κ2) is 5.47. The van der Waals surface area contributed by atoms with E-state index in [1.54, 1.807) is 0 Å². The van der Waals surface area contributed by atoms with Crippen LogP contribution in [-0.4, -0.2) is 15.0 Å². The first-order valence-corrected chi connectivity index (χ1v) is 4.40. The summed E-state index contributed by atoms with van der Waals surface area (Å²) in [6.45, 7) is 4.00. The molecule has 1 N–H and O–H groups in total. The molecule has 0 radical (unpaired) electrons. The summed E-state index contributed by atoms with van der Waals surface area (Å²) in [6, 6.07) is 2.62. The molecule has 0 aliphatic rings. The quantitative estimate of drug-likeness (QED) is 0.471. The van der Waals surface area contributed by atoms with Crippen molar-refractivity contribution in [2.24, 2.45) is 0 Å². The summed E-state index contributed by atoms with van der Waals surface area (Å²) >= 11 is 2.94. The maximum absolute atomic E-state index is 10.1. The van der Waals surface area contributed by atoms with Gasteiger partial charge in [0.25, 0.3) is 0 Å². The fourth-order valence-corrected chi connectivity index (χ4v) is 0.852. The van der Waals surface area contributed by atoms with Crippen molar-refractivity contribution in [3.8, 4) is 5.75 Å². The van der Waals surface area contributed by atoms with Crippen LogP contribution in [-0.2, 0) is 0 Å². The topological polar surface area (TPSA) is 76.3 Å². The molecular weight excluding hydrogens is 240 g/mol. The lowest BCUT2D eigenvalue weighted by Crippen LogP contribution is -1.92. The maximum atomic E-state index is 10.1. The van der Waals surface area contributed by atoms with Gasteiger partial charge in [-0.2, -0.15) is 0 Å². The van der Waals surface area contributed by atoms with E-state index in [0.29, 0.717) is 4.60 Å². The van der Waals surface area contributed by atoms with Crippen molar-refractivity contribution in [2.75, 3.05) is 0 Å². The molecule has 1 heterocycles. The van der Waals surface area contributed by atoms with E-state index in [4.69, 9.17) is 5.11 Å². The highest BCUT2D eigenvalue weighted by Crippen LogP contribution is 2.24. The van der Waals surface area contributed by atoms with Crippen molar-refractivity contribution in [3.05, 3.63) is 26.9 Å². The van der Waals surface area contributed by atoms with Gasteiger partial charge in [-0.15, -0.1) is 0 Å². The summed E-state index contributed by atoms with van der Waals surface area (Å²) in [4.78, 5) is 12.8. The van der Waals surface area contributed by atoms with Crippen LogP contribution in [0.5, 0.6) is 5.75 Å². The first-order valence-electron chi connectivity index (χ1n) is 3.61. The molecule has 6 heteroatoms. The molecule has 0 saturated carbocycles. The van der Waals surface area contributed by atoms with Crippen LogP contribution in [0, 0.1) is 10.1 Å². The van der Waals surface area contributed by atoms with Gasteiger partial charge in [0, 0.05) is 22.0 Å². The molecule has 0 fully saturated rings. The Kier molecular flexibility index (Phi) is 4.98. The summed E-state index contributed by atoms with van der Waals surface area (Å²) in [6.07, 6.45) is 0. The maximum Gasteiger partial charge on any atom is 0.407 e. The van der Waals surface area contributed by atoms with Crippen molar-refractivity contribution >= 4 is 21.7 Å². The van der Waals surface area contributed by atoms with E-state index in [1.807, 2.05) is 13.8 Å². The summed E-state index contributed by atoms with van der Waals surface area (Å²) in [5, 5.41) is 19.0. The SMILES string of the molecule is CC.O=[N+]([O-])c1nc(Br)ccc1O. The van der Waals surface area contributed by atoms with Crippen LogP contribution in [0.4, 0.5) is 5.82 Å². The largest absolute Gasteiger partial charge is 0.501 e. The van der Waals surface area contributed by atoms with E-state index in [2.05, 4.69) is 20.9 Å². The Morgan fingerprint density at radius 3 is 2.46 bits per heavy atom. The van der Waals surface area contributed by atoms with Gasteiger partial charge in [0.05, 0.1) is 0 Å². The Labute approximate surface area is 83.7 Å². The van der Waals surface area contributed by atoms with Gasteiger partial charge < -0.3 is 15.2 Å². The fraction of sp³-hybridized carbons (Fsp3) is 0.286. The normalized spacial score (nSPS) is 8.54. The number of rotatable bonds is 1. The predicted octanol–water partition coefficient (Wildman–Crippen LogP) is 2.48. The van der Waals surface area contributed by atoms with E-state index in [0.717, 1.165) is 0 Å². The molecule has 1 aromatic rings. The van der Waals surface area contributed by atoms with Gasteiger partial charge >= 0.3 is 5.82 Å². The minimum Gasteiger partial charge on any atom is -0.501 e. The number of halogens is 1. The molecule has 0 atom stereocenters. The number of hydrogen-bond acceptors (Lipinski definition) is 4. The Morgan fingerprint density at radius 1 is 1.54 bits per heavy atom. The zero-order valence-corrected chi connectivity index (χ0v) is 8.78. The summed E-state index contributed by atoms with van der Waals surface area (Å²) in [5.74, 6) is -0.974. The van der Waals surface area contributed by atoms with Gasteiger partial charge in [-0.25, -0.2) is 0 Å². The number of nitrogens with zero attached hydrogens (tertiary/aromatic N) is 2. The van der Waals surface area contributed by atoms with Crippen LogP contribution >= 0.6 is 15.9 Å². The van der Waals surface area contributed by atoms with Crippen LogP contribution in [0.2, 0.25) is 0 Å². The third kappa shape index (κ3) is 3.37. The van der Waals surface area contributed by atoms with Crippen LogP contribution in [0.1, 0.15) is 13.8 Å². The number of aromatic hydroxyl groups is 1. The smallest absolute Gasteiger partial charge is 0.407 e. The van der Waals surface area contributed by atoms with Gasteiger partial charge in [-0.3, -0.25) is 0 Å². The van der Waals surface area contributed by atoms with E-state index >= 15 is 0 Å². The molecule has 0 amide bonds. The highest BCUT2D eigenvalue weighted by molar-refractivity contribution is 9.10. The number of pyridine rings is 1. The summed E-state index contributed by atoms with van der Waals surface area (Å²) in [7, 11) is 0. The lowest BCUT2D eigenvalue weighted by atomic mass is 10.4. The van der Waals surface area contributed by atoms with Gasteiger partial charge in [-0.05, 0) is 16.0 Å². The van der Waals surface area contributed by atoms with Crippen LogP contribution in [0.15, 0.2) is 16.7 Å². The molecule has 0 aliphatic heterocycles. The molecule has 13 heavy (non-hydrogen) atoms. The molecule has 0 saturated heterocycles. The third-order valence-corrected chi connectivity index (χ3v) is 1.44. The molecule has 0 aliphatic carbocycles. The van der Waals surface area contributed by atoms with Crippen molar-refractivity contribution in [1.29, 1.82) is 0 Å². The first kappa shape index (κ1) is 11.8. The Hall–Kier alpha value is -1.17. The second-order valence-corrected chi connectivity index (χ2v) is 2.55. The molecule has 0 bridgehead atoms. The molecular formula is C7H9BrN2O3. The Morgan fingerprint density at radius 2 is 2.08 bits per heavy atom. The van der Waals surface area contributed by atoms with E-state index in [9.17, 15) is 10.1 Å². The average Bonchev–Trinajstić information content (AvgIpc) is 2.12. The lowest BCUT2D eigenvalue weighted by Gasteiger charge is -1.93. The zero-order valence-electron chi connectivity index (χ0n) is 7.19. The van der Waals surface area contributed by atoms with E-state index < -0.39 is 16.5 Å². The predicted molar refractivity (Wildman–Crippen MR) is 51.6 cm³/mol. The molecule has 1 aromatic heterocycles. The van der Waals surface area contributed by atoms with Crippen LogP contribution < -0.4 is 0 Å². The van der Waals surface area contributed by atoms with Crippen molar-refractivity contribution in [1.82, 2.24) is 4.98 Å². The van der Waals surface area contributed by atoms with Gasteiger partial charge in [-0.1, -0.05) is 13.8 Å². The monoisotopic (exact) mass is 248 g/mol. The standard InChI is InChI=1S/C5H3BrN2O3.C2H6/c6-4-2-1-3(9)5(7-4)8(10)11;1-2/h1-2,9H;1-2H3. The van der Waals surface area contributed by atoms with Gasteiger partial charge in [0.15, 0.2) is 0 Å². The molecule has 0 spiro atoms. The third-order valence-electron chi connectivity index (χ3n) is 0.993. The average molecular weight is 249 g/mol. The van der Waals surface area contributed by atoms with Gasteiger partial charge in [0.2, 0.25) is 10.4 Å². The summed E-state index contributed by atoms with van der Waals surface area (Å²) in [5.41, 5.74) is 0. The van der Waals surface area contributed by atoms with Crippen molar-refractivity contribution in [2.45, 2.75) is 13.8 Å². The molecule has 5 nitrogen and oxygen atoms in total. The van der Waals surface area contributed by atoms with Crippen molar-refractivity contribution < 1.29 is 10.0 Å². The number of hydrogen-bond donors (Lipinski definition) is 1. The molecule has 72 valence electrons. The number of nitro groups is 1. The summed E-state index contributed by atoms with van der Waals surface area (Å²) < 4.78 is 0.321. The Balaban J connectivity index is 0.000000671. The zero-order chi connectivity index (χ0) is 10.4. The minimum atomic E-state index is -0.750. The fourth-order valence-electron chi connectivity index (χ4n) is 0.552. The Bertz CT molecular complexity index is 304. The number of aromatic nitrogens is 1. The first-order chi connectivity index (χ1) is 6.11. The minimum absolute atomic E-state index is 0.321. The van der Waals surface area contributed by atoms with Gasteiger partial charge in [0.1, 0.15) is 0 Å². The molecule has 0 unspecified atom stereocenters. The molecule has 0 aromatic carbocycles. The van der Waals surface area contributed by atoms with Crippen molar-refractivity contribution in [3.63, 3.8) is 0 Å². The lowest BCUT2D eigenvalue weighted by molar-refractivity contribution is -0.390. The highest BCUT2D eigenvalue weighted by atomic mass is 79.9. The van der Waals surface area contributed by atoms with E-state index in [1.165, 1.54) is 12.1 Å². The van der Waals surface area contributed by atoms with E-state index in [-0.39, 0.29) is 0 Å². The second-order valence-electron chi connectivity index (χ2n) is 1.73. The molecule has 1 rings (SSSR count). The van der Waals surface area contributed by atoms with Crippen LogP contribution in [0.3, 0.4) is 0 Å².